The van der Waals surface area contributed by atoms with E-state index in [1.807, 2.05) is 24.3 Å². The Labute approximate surface area is 116 Å². The van der Waals surface area contributed by atoms with Gasteiger partial charge in [-0.3, -0.25) is 0 Å². The molecule has 4 nitrogen and oxygen atoms in total. The minimum absolute atomic E-state index is 0.659. The Kier molecular flexibility index (Phi) is 5.05. The maximum Gasteiger partial charge on any atom is 0.119 e. The smallest absolute Gasteiger partial charge is 0.119 e. The summed E-state index contributed by atoms with van der Waals surface area (Å²) in [7, 11) is 2.20. The average molecular weight is 263 g/mol. The van der Waals surface area contributed by atoms with Gasteiger partial charge in [-0.2, -0.15) is 0 Å². The van der Waals surface area contributed by atoms with Crippen LogP contribution in [0.3, 0.4) is 0 Å². The van der Waals surface area contributed by atoms with E-state index in [1.54, 1.807) is 0 Å². The molecule has 4 heteroatoms. The lowest BCUT2D eigenvalue weighted by atomic mass is 10.2. The van der Waals surface area contributed by atoms with E-state index in [9.17, 15) is 0 Å². The zero-order valence-corrected chi connectivity index (χ0v) is 12.0. The molecular formula is C15H25N3O. The highest BCUT2D eigenvalue weighted by molar-refractivity contribution is 5.41. The predicted octanol–water partition coefficient (Wildman–Crippen LogP) is 1.67. The molecule has 1 saturated heterocycles. The van der Waals surface area contributed by atoms with Crippen LogP contribution in [0, 0.1) is 0 Å². The van der Waals surface area contributed by atoms with Crippen molar-refractivity contribution in [1.29, 1.82) is 0 Å². The molecule has 1 fully saturated rings. The number of nitrogens with two attached hydrogens (primary N) is 1. The van der Waals surface area contributed by atoms with Gasteiger partial charge in [0.15, 0.2) is 0 Å². The summed E-state index contributed by atoms with van der Waals surface area (Å²) in [5, 5.41) is 0. The van der Waals surface area contributed by atoms with Gasteiger partial charge in [0, 0.05) is 37.9 Å². The molecule has 2 N–H and O–H groups in total. The number of nitrogens with zero attached hydrogens (tertiary/aromatic N) is 2. The largest absolute Gasteiger partial charge is 0.494 e. The van der Waals surface area contributed by atoms with Crippen LogP contribution in [0.1, 0.15) is 13.3 Å². The maximum absolute atomic E-state index is 5.71. The summed E-state index contributed by atoms with van der Waals surface area (Å²) in [5.74, 6) is 0.904. The molecule has 0 bridgehead atoms. The van der Waals surface area contributed by atoms with E-state index in [-0.39, 0.29) is 0 Å². The number of piperazine rings is 1. The molecule has 0 radical (unpaired) electrons. The third-order valence-electron chi connectivity index (χ3n) is 3.81. The fourth-order valence-electron chi connectivity index (χ4n) is 2.37. The lowest BCUT2D eigenvalue weighted by molar-refractivity contribution is 0.100. The van der Waals surface area contributed by atoms with Crippen LogP contribution in [0.15, 0.2) is 24.3 Å². The average Bonchev–Trinajstić information content (AvgIpc) is 2.41. The van der Waals surface area contributed by atoms with Crippen LogP contribution in [-0.4, -0.2) is 55.7 Å². The molecule has 1 aliphatic rings. The number of likely N-dealkylation sites (N-methyl/N-ethyl adjacent to an activating group) is 1. The second-order valence-electron chi connectivity index (χ2n) is 5.40. The minimum Gasteiger partial charge on any atom is -0.494 e. The molecular weight excluding hydrogens is 238 g/mol. The molecule has 0 spiro atoms. The molecule has 0 aliphatic carbocycles. The summed E-state index contributed by atoms with van der Waals surface area (Å²) in [6.07, 6.45) is 1.07. The van der Waals surface area contributed by atoms with Crippen molar-refractivity contribution in [1.82, 2.24) is 9.80 Å². The maximum atomic E-state index is 5.71. The summed E-state index contributed by atoms with van der Waals surface area (Å²) in [5.41, 5.74) is 6.41. The Morgan fingerprint density at radius 3 is 2.68 bits per heavy atom. The summed E-state index contributed by atoms with van der Waals surface area (Å²) in [6, 6.07) is 8.25. The van der Waals surface area contributed by atoms with E-state index in [0.29, 0.717) is 6.04 Å². The number of ether oxygens (including phenoxy) is 1. The molecule has 0 aromatic heterocycles. The Bertz CT molecular complexity index is 379. The van der Waals surface area contributed by atoms with E-state index >= 15 is 0 Å². The quantitative estimate of drug-likeness (QED) is 0.648. The van der Waals surface area contributed by atoms with E-state index in [4.69, 9.17) is 10.5 Å². The number of nitrogen functional groups attached to an aromatic ring is 1. The zero-order valence-electron chi connectivity index (χ0n) is 12.0. The van der Waals surface area contributed by atoms with Crippen molar-refractivity contribution in [3.63, 3.8) is 0 Å². The first-order valence-electron chi connectivity index (χ1n) is 7.06. The second-order valence-corrected chi connectivity index (χ2v) is 5.40. The van der Waals surface area contributed by atoms with Gasteiger partial charge in [0.1, 0.15) is 5.75 Å². The molecule has 0 amide bonds. The number of hydrogen-bond donors (Lipinski definition) is 1. The van der Waals surface area contributed by atoms with Crippen LogP contribution in [0.4, 0.5) is 5.69 Å². The van der Waals surface area contributed by atoms with Crippen molar-refractivity contribution >= 4 is 5.69 Å². The fourth-order valence-corrected chi connectivity index (χ4v) is 2.37. The second kappa shape index (κ2) is 6.78. The lowest BCUT2D eigenvalue weighted by Gasteiger charge is -2.37. The van der Waals surface area contributed by atoms with E-state index in [1.165, 1.54) is 19.6 Å². The summed E-state index contributed by atoms with van der Waals surface area (Å²) in [4.78, 5) is 4.94. The van der Waals surface area contributed by atoms with Crippen LogP contribution in [0.5, 0.6) is 5.75 Å². The summed E-state index contributed by atoms with van der Waals surface area (Å²) in [6.45, 7) is 7.68. The molecule has 1 heterocycles. The van der Waals surface area contributed by atoms with Crippen LogP contribution in [0.25, 0.3) is 0 Å². The monoisotopic (exact) mass is 263 g/mol. The topological polar surface area (TPSA) is 41.7 Å². The molecule has 1 unspecified atom stereocenters. The molecule has 19 heavy (non-hydrogen) atoms. The molecule has 1 aromatic carbocycles. The number of rotatable bonds is 5. The first kappa shape index (κ1) is 14.2. The normalized spacial score (nSPS) is 21.5. The van der Waals surface area contributed by atoms with Crippen LogP contribution in [0.2, 0.25) is 0 Å². The highest BCUT2D eigenvalue weighted by Crippen LogP contribution is 2.13. The van der Waals surface area contributed by atoms with E-state index < -0.39 is 0 Å². The molecule has 1 aliphatic heterocycles. The third kappa shape index (κ3) is 4.40. The fraction of sp³-hybridized carbons (Fsp3) is 0.600. The SMILES string of the molecule is CC1CN(CCCOc2ccc(N)cc2)CCN1C. The van der Waals surface area contributed by atoms with Crippen molar-refractivity contribution in [3.8, 4) is 5.75 Å². The molecule has 1 atom stereocenters. The van der Waals surface area contributed by atoms with Gasteiger partial charge < -0.3 is 20.3 Å². The minimum atomic E-state index is 0.659. The first-order chi connectivity index (χ1) is 9.15. The van der Waals surface area contributed by atoms with Crippen LogP contribution in [-0.2, 0) is 0 Å². The molecule has 2 rings (SSSR count). The molecule has 1 aromatic rings. The highest BCUT2D eigenvalue weighted by atomic mass is 16.5. The Balaban J connectivity index is 1.63. The highest BCUT2D eigenvalue weighted by Gasteiger charge is 2.19. The number of benzene rings is 1. The molecule has 106 valence electrons. The van der Waals surface area contributed by atoms with Crippen molar-refractivity contribution in [2.75, 3.05) is 45.6 Å². The van der Waals surface area contributed by atoms with Gasteiger partial charge in [-0.25, -0.2) is 0 Å². The van der Waals surface area contributed by atoms with Gasteiger partial charge in [0.2, 0.25) is 0 Å². The van der Waals surface area contributed by atoms with Gasteiger partial charge in [-0.15, -0.1) is 0 Å². The van der Waals surface area contributed by atoms with Gasteiger partial charge in [-0.05, 0) is 44.7 Å². The van der Waals surface area contributed by atoms with Crippen molar-refractivity contribution in [2.24, 2.45) is 0 Å². The predicted molar refractivity (Wildman–Crippen MR) is 79.5 cm³/mol. The Morgan fingerprint density at radius 2 is 2.00 bits per heavy atom. The van der Waals surface area contributed by atoms with Gasteiger partial charge in [-0.1, -0.05) is 0 Å². The Hall–Kier alpha value is -1.26. The first-order valence-corrected chi connectivity index (χ1v) is 7.06. The van der Waals surface area contributed by atoms with E-state index in [0.717, 1.165) is 31.0 Å². The third-order valence-corrected chi connectivity index (χ3v) is 3.81. The van der Waals surface area contributed by atoms with Crippen LogP contribution < -0.4 is 10.5 Å². The van der Waals surface area contributed by atoms with Crippen LogP contribution >= 0.6 is 0 Å². The van der Waals surface area contributed by atoms with Crippen molar-refractivity contribution in [3.05, 3.63) is 24.3 Å². The lowest BCUT2D eigenvalue weighted by Crippen LogP contribution is -2.50. The van der Waals surface area contributed by atoms with Gasteiger partial charge >= 0.3 is 0 Å². The van der Waals surface area contributed by atoms with E-state index in [2.05, 4.69) is 23.8 Å². The summed E-state index contributed by atoms with van der Waals surface area (Å²) < 4.78 is 5.71. The van der Waals surface area contributed by atoms with Gasteiger partial charge in [0.05, 0.1) is 6.61 Å². The number of anilines is 1. The zero-order chi connectivity index (χ0) is 13.7. The summed E-state index contributed by atoms with van der Waals surface area (Å²) >= 11 is 0. The van der Waals surface area contributed by atoms with Gasteiger partial charge in [0.25, 0.3) is 0 Å². The van der Waals surface area contributed by atoms with Crippen molar-refractivity contribution < 1.29 is 4.74 Å². The standard InChI is InChI=1S/C15H25N3O/c1-13-12-18(10-9-17(13)2)8-3-11-19-15-6-4-14(16)5-7-15/h4-7,13H,3,8-12,16H2,1-2H3. The molecule has 0 saturated carbocycles. The number of hydrogen-bond acceptors (Lipinski definition) is 4. The Morgan fingerprint density at radius 1 is 1.26 bits per heavy atom. The van der Waals surface area contributed by atoms with Crippen molar-refractivity contribution in [2.45, 2.75) is 19.4 Å².